The lowest BCUT2D eigenvalue weighted by atomic mass is 10.1. The first-order chi connectivity index (χ1) is 9.21. The van der Waals surface area contributed by atoms with E-state index in [2.05, 4.69) is 5.16 Å². The molecule has 2 aromatic rings. The summed E-state index contributed by atoms with van der Waals surface area (Å²) in [4.78, 5) is 0. The van der Waals surface area contributed by atoms with E-state index < -0.39 is 0 Å². The fourth-order valence-electron chi connectivity index (χ4n) is 1.80. The Kier molecular flexibility index (Phi) is 3.79. The summed E-state index contributed by atoms with van der Waals surface area (Å²) in [6, 6.07) is 3.54. The maximum Gasteiger partial charge on any atom is 0.230 e. The molecule has 1 aromatic carbocycles. The average Bonchev–Trinajstić information content (AvgIpc) is 2.84. The molecule has 102 valence electrons. The van der Waals surface area contributed by atoms with Gasteiger partial charge in [-0.15, -0.1) is 0 Å². The van der Waals surface area contributed by atoms with E-state index in [1.54, 1.807) is 26.4 Å². The van der Waals surface area contributed by atoms with Gasteiger partial charge >= 0.3 is 0 Å². The Balaban J connectivity index is 2.59. The van der Waals surface area contributed by atoms with Gasteiger partial charge in [0.2, 0.25) is 5.88 Å². The third-order valence-electron chi connectivity index (χ3n) is 2.67. The Morgan fingerprint density at radius 2 is 1.84 bits per heavy atom. The molecule has 0 unspecified atom stereocenters. The van der Waals surface area contributed by atoms with Gasteiger partial charge in [0, 0.05) is 11.6 Å². The normalized spacial score (nSPS) is 10.3. The van der Waals surface area contributed by atoms with Crippen molar-refractivity contribution < 1.29 is 18.7 Å². The van der Waals surface area contributed by atoms with Gasteiger partial charge in [0.15, 0.2) is 11.5 Å². The highest BCUT2D eigenvalue weighted by atomic mass is 16.5. The molecule has 1 aromatic heterocycles. The number of nitrogens with two attached hydrogens (primary N) is 1. The molecule has 0 aliphatic heterocycles. The van der Waals surface area contributed by atoms with E-state index in [9.17, 15) is 0 Å². The van der Waals surface area contributed by atoms with Crippen LogP contribution in [-0.4, -0.2) is 26.0 Å². The van der Waals surface area contributed by atoms with Gasteiger partial charge in [-0.2, -0.15) is 0 Å². The summed E-state index contributed by atoms with van der Waals surface area (Å²) in [5.74, 6) is 2.04. The summed E-state index contributed by atoms with van der Waals surface area (Å²) in [6.45, 7) is 2.43. The first-order valence-electron chi connectivity index (χ1n) is 5.80. The smallest absolute Gasteiger partial charge is 0.230 e. The Bertz CT molecular complexity index is 566. The van der Waals surface area contributed by atoms with Gasteiger partial charge < -0.3 is 24.5 Å². The highest BCUT2D eigenvalue weighted by Crippen LogP contribution is 2.41. The molecule has 0 spiro atoms. The van der Waals surface area contributed by atoms with E-state index in [4.69, 9.17) is 24.5 Å². The Labute approximate surface area is 111 Å². The molecule has 1 heterocycles. The maximum atomic E-state index is 5.73. The summed E-state index contributed by atoms with van der Waals surface area (Å²) >= 11 is 0. The van der Waals surface area contributed by atoms with Gasteiger partial charge in [-0.1, -0.05) is 5.16 Å². The number of nitrogen functional groups attached to an aromatic ring is 1. The minimum absolute atomic E-state index is 0.228. The van der Waals surface area contributed by atoms with Crippen LogP contribution in [0.15, 0.2) is 22.9 Å². The van der Waals surface area contributed by atoms with Crippen LogP contribution in [0.2, 0.25) is 0 Å². The molecule has 2 rings (SSSR count). The molecule has 0 aliphatic rings. The molecule has 0 atom stereocenters. The fraction of sp³-hybridized carbons (Fsp3) is 0.308. The zero-order valence-corrected chi connectivity index (χ0v) is 11.1. The number of benzene rings is 1. The molecular formula is C13H16N2O4. The number of anilines is 1. The standard InChI is InChI=1S/C13H16N2O4/c1-4-18-12-5-8(9-7-15-19-13(9)14)10(16-2)6-11(12)17-3/h5-7H,4,14H2,1-3H3. The second-order valence-electron chi connectivity index (χ2n) is 3.74. The Hall–Kier alpha value is -2.37. The number of hydrogen-bond donors (Lipinski definition) is 1. The van der Waals surface area contributed by atoms with Gasteiger partial charge in [0.25, 0.3) is 0 Å². The van der Waals surface area contributed by atoms with Crippen molar-refractivity contribution in [3.8, 4) is 28.4 Å². The number of aromatic nitrogens is 1. The zero-order chi connectivity index (χ0) is 13.8. The van der Waals surface area contributed by atoms with E-state index in [0.717, 1.165) is 5.56 Å². The van der Waals surface area contributed by atoms with E-state index in [0.29, 0.717) is 29.4 Å². The highest BCUT2D eigenvalue weighted by molar-refractivity contribution is 5.79. The average molecular weight is 264 g/mol. The van der Waals surface area contributed by atoms with Crippen molar-refractivity contribution >= 4 is 5.88 Å². The van der Waals surface area contributed by atoms with Crippen LogP contribution in [-0.2, 0) is 0 Å². The topological polar surface area (TPSA) is 79.7 Å². The maximum absolute atomic E-state index is 5.73. The summed E-state index contributed by atoms with van der Waals surface area (Å²) in [7, 11) is 3.15. The van der Waals surface area contributed by atoms with E-state index >= 15 is 0 Å². The van der Waals surface area contributed by atoms with Crippen LogP contribution < -0.4 is 19.9 Å². The van der Waals surface area contributed by atoms with Crippen LogP contribution in [0, 0.1) is 0 Å². The summed E-state index contributed by atoms with van der Waals surface area (Å²) < 4.78 is 21.0. The molecule has 19 heavy (non-hydrogen) atoms. The summed E-state index contributed by atoms with van der Waals surface area (Å²) in [6.07, 6.45) is 1.54. The first kappa shape index (κ1) is 13.1. The third-order valence-corrected chi connectivity index (χ3v) is 2.67. The van der Waals surface area contributed by atoms with Gasteiger partial charge in [-0.3, -0.25) is 0 Å². The molecule has 2 N–H and O–H groups in total. The van der Waals surface area contributed by atoms with Crippen molar-refractivity contribution in [1.29, 1.82) is 0 Å². The van der Waals surface area contributed by atoms with Crippen LogP contribution in [0.5, 0.6) is 17.2 Å². The summed E-state index contributed by atoms with van der Waals surface area (Å²) in [5, 5.41) is 3.66. The largest absolute Gasteiger partial charge is 0.496 e. The van der Waals surface area contributed by atoms with Gasteiger partial charge in [0.1, 0.15) is 5.75 Å². The molecule has 0 radical (unpaired) electrons. The molecule has 0 fully saturated rings. The van der Waals surface area contributed by atoms with Crippen molar-refractivity contribution in [2.45, 2.75) is 6.92 Å². The lowest BCUT2D eigenvalue weighted by Crippen LogP contribution is -1.98. The Morgan fingerprint density at radius 3 is 2.37 bits per heavy atom. The van der Waals surface area contributed by atoms with Gasteiger partial charge in [-0.05, 0) is 13.0 Å². The number of ether oxygens (including phenoxy) is 3. The quantitative estimate of drug-likeness (QED) is 0.892. The van der Waals surface area contributed by atoms with Crippen molar-refractivity contribution in [3.05, 3.63) is 18.3 Å². The second kappa shape index (κ2) is 5.51. The molecule has 0 saturated heterocycles. The third kappa shape index (κ3) is 2.42. The monoisotopic (exact) mass is 264 g/mol. The molecule has 0 saturated carbocycles. The molecule has 6 nitrogen and oxygen atoms in total. The van der Waals surface area contributed by atoms with Gasteiger partial charge in [-0.25, -0.2) is 0 Å². The minimum atomic E-state index is 0.228. The highest BCUT2D eigenvalue weighted by Gasteiger charge is 2.17. The Morgan fingerprint density at radius 1 is 1.11 bits per heavy atom. The molecule has 0 bridgehead atoms. The number of rotatable bonds is 5. The van der Waals surface area contributed by atoms with E-state index in [1.807, 2.05) is 6.92 Å². The molecule has 0 aliphatic carbocycles. The van der Waals surface area contributed by atoms with Crippen molar-refractivity contribution in [2.24, 2.45) is 0 Å². The minimum Gasteiger partial charge on any atom is -0.496 e. The van der Waals surface area contributed by atoms with Crippen molar-refractivity contribution in [3.63, 3.8) is 0 Å². The van der Waals surface area contributed by atoms with Crippen molar-refractivity contribution in [1.82, 2.24) is 5.16 Å². The fourth-order valence-corrected chi connectivity index (χ4v) is 1.80. The molecule has 0 amide bonds. The van der Waals surface area contributed by atoms with Crippen LogP contribution in [0.25, 0.3) is 11.1 Å². The molecule has 6 heteroatoms. The lowest BCUT2D eigenvalue weighted by molar-refractivity contribution is 0.309. The second-order valence-corrected chi connectivity index (χ2v) is 3.74. The van der Waals surface area contributed by atoms with Crippen LogP contribution in [0.1, 0.15) is 6.92 Å². The zero-order valence-electron chi connectivity index (χ0n) is 11.1. The summed E-state index contributed by atoms with van der Waals surface area (Å²) in [5.41, 5.74) is 7.13. The predicted molar refractivity (Wildman–Crippen MR) is 70.6 cm³/mol. The SMILES string of the molecule is CCOc1cc(-c2cnoc2N)c(OC)cc1OC. The number of nitrogens with zero attached hydrogens (tertiary/aromatic N) is 1. The van der Waals surface area contributed by atoms with Crippen LogP contribution >= 0.6 is 0 Å². The molecular weight excluding hydrogens is 248 g/mol. The number of methoxy groups -OCH3 is 2. The number of hydrogen-bond acceptors (Lipinski definition) is 6. The lowest BCUT2D eigenvalue weighted by Gasteiger charge is -2.14. The van der Waals surface area contributed by atoms with Crippen LogP contribution in [0.3, 0.4) is 0 Å². The van der Waals surface area contributed by atoms with E-state index in [-0.39, 0.29) is 5.88 Å². The van der Waals surface area contributed by atoms with Gasteiger partial charge in [0.05, 0.1) is 32.6 Å². The van der Waals surface area contributed by atoms with Crippen LogP contribution in [0.4, 0.5) is 5.88 Å². The first-order valence-corrected chi connectivity index (χ1v) is 5.80. The predicted octanol–water partition coefficient (Wildman–Crippen LogP) is 2.34. The van der Waals surface area contributed by atoms with E-state index in [1.165, 1.54) is 6.20 Å². The van der Waals surface area contributed by atoms with Crippen molar-refractivity contribution in [2.75, 3.05) is 26.6 Å².